The molecule has 0 radical (unpaired) electrons. The Morgan fingerprint density at radius 3 is 2.66 bits per heavy atom. The number of hydrogen-bond donors (Lipinski definition) is 1. The molecule has 4 rings (SSSR count). The van der Waals surface area contributed by atoms with E-state index in [1.54, 1.807) is 12.4 Å². The van der Waals surface area contributed by atoms with Crippen molar-refractivity contribution in [2.24, 2.45) is 0 Å². The Bertz CT molecular complexity index is 1130. The molecule has 0 atom stereocenters. The second-order valence-corrected chi connectivity index (χ2v) is 7.82. The highest BCUT2D eigenvalue weighted by atomic mass is 32.1. The van der Waals surface area contributed by atoms with Crippen LogP contribution >= 0.6 is 11.3 Å². The fraction of sp³-hybridized carbons (Fsp3) is 0.182. The van der Waals surface area contributed by atoms with Crippen molar-refractivity contribution in [3.63, 3.8) is 0 Å². The smallest absolute Gasteiger partial charge is 0.263 e. The van der Waals surface area contributed by atoms with E-state index in [1.807, 2.05) is 54.9 Å². The van der Waals surface area contributed by atoms with Crippen LogP contribution in [0, 0.1) is 13.8 Å². The van der Waals surface area contributed by atoms with Gasteiger partial charge in [-0.15, -0.1) is 11.3 Å². The maximum atomic E-state index is 12.7. The molecule has 1 N–H and O–H groups in total. The molecule has 7 heteroatoms. The molecule has 1 amide bonds. The summed E-state index contributed by atoms with van der Waals surface area (Å²) in [5.41, 5.74) is 2.93. The summed E-state index contributed by atoms with van der Waals surface area (Å²) in [7, 11) is 0. The average molecular weight is 404 g/mol. The molecule has 6 nitrogen and oxygen atoms in total. The minimum atomic E-state index is -0.100. The third-order valence-corrected chi connectivity index (χ3v) is 5.74. The summed E-state index contributed by atoms with van der Waals surface area (Å²) >= 11 is 1.45. The second-order valence-electron chi connectivity index (χ2n) is 6.73. The molecule has 29 heavy (non-hydrogen) atoms. The monoisotopic (exact) mass is 403 g/mol. The molecule has 0 spiro atoms. The lowest BCUT2D eigenvalue weighted by atomic mass is 10.2. The number of carbonyl (C=O) groups excluding carboxylic acids is 1. The molecule has 0 saturated carbocycles. The molecule has 146 valence electrons. The zero-order valence-corrected chi connectivity index (χ0v) is 17.1. The Balaban J connectivity index is 1.43. The largest absolute Gasteiger partial charge is 0.347 e. The van der Waals surface area contributed by atoms with Crippen molar-refractivity contribution in [1.82, 2.24) is 24.8 Å². The van der Waals surface area contributed by atoms with Gasteiger partial charge in [-0.2, -0.15) is 0 Å². The topological polar surface area (TPSA) is 72.7 Å². The average Bonchev–Trinajstić information content (AvgIpc) is 3.32. The van der Waals surface area contributed by atoms with Crippen LogP contribution in [0.5, 0.6) is 0 Å². The third-order valence-electron chi connectivity index (χ3n) is 4.58. The molecule has 3 heterocycles. The minimum absolute atomic E-state index is 0.100. The maximum Gasteiger partial charge on any atom is 0.263 e. The molecular formula is C22H21N5OS. The number of rotatable bonds is 6. The summed E-state index contributed by atoms with van der Waals surface area (Å²) in [4.78, 5) is 26.6. The first-order chi connectivity index (χ1) is 14.1. The van der Waals surface area contributed by atoms with Gasteiger partial charge in [0, 0.05) is 31.6 Å². The lowest BCUT2D eigenvalue weighted by Gasteiger charge is -2.08. The number of pyridine rings is 1. The first kappa shape index (κ1) is 19.0. The number of thiazole rings is 1. The second kappa shape index (κ2) is 8.36. The predicted molar refractivity (Wildman–Crippen MR) is 113 cm³/mol. The standard InChI is InChI=1S/C22H21N5OS/c1-15-21(29-20(26-15)13-17-6-4-3-5-7-17)22(28)25-14-18-8-9-24-19(12-18)27-11-10-23-16(27)2/h3-12H,13-14H2,1-2H3,(H,25,28). The van der Waals surface area contributed by atoms with Crippen LogP contribution in [0.2, 0.25) is 0 Å². The van der Waals surface area contributed by atoms with E-state index in [1.165, 1.54) is 16.9 Å². The van der Waals surface area contributed by atoms with Crippen LogP contribution in [-0.2, 0) is 13.0 Å². The summed E-state index contributed by atoms with van der Waals surface area (Å²) in [6, 6.07) is 14.0. The predicted octanol–water partition coefficient (Wildman–Crippen LogP) is 3.86. The summed E-state index contributed by atoms with van der Waals surface area (Å²) in [6.07, 6.45) is 6.09. The molecule has 0 aliphatic carbocycles. The quantitative estimate of drug-likeness (QED) is 0.531. The van der Waals surface area contributed by atoms with Crippen molar-refractivity contribution in [3.05, 3.63) is 93.6 Å². The number of imidazole rings is 1. The minimum Gasteiger partial charge on any atom is -0.347 e. The van der Waals surface area contributed by atoms with E-state index in [-0.39, 0.29) is 5.91 Å². The van der Waals surface area contributed by atoms with E-state index in [9.17, 15) is 4.79 Å². The van der Waals surface area contributed by atoms with Crippen LogP contribution in [0.15, 0.2) is 61.1 Å². The van der Waals surface area contributed by atoms with Gasteiger partial charge in [-0.3, -0.25) is 9.36 Å². The van der Waals surface area contributed by atoms with Gasteiger partial charge in [-0.25, -0.2) is 15.0 Å². The molecule has 0 aliphatic heterocycles. The SMILES string of the molecule is Cc1nc(Cc2ccccc2)sc1C(=O)NCc1ccnc(-n2ccnc2C)c1. The first-order valence-electron chi connectivity index (χ1n) is 9.34. The fourth-order valence-electron chi connectivity index (χ4n) is 3.09. The van der Waals surface area contributed by atoms with E-state index >= 15 is 0 Å². The number of carbonyl (C=O) groups is 1. The van der Waals surface area contributed by atoms with Crippen molar-refractivity contribution >= 4 is 17.2 Å². The number of aromatic nitrogens is 4. The van der Waals surface area contributed by atoms with Gasteiger partial charge in [0.05, 0.1) is 10.7 Å². The maximum absolute atomic E-state index is 12.7. The summed E-state index contributed by atoms with van der Waals surface area (Å²) in [5, 5.41) is 3.94. The summed E-state index contributed by atoms with van der Waals surface area (Å²) in [5.74, 6) is 1.55. The highest BCUT2D eigenvalue weighted by Crippen LogP contribution is 2.21. The van der Waals surface area contributed by atoms with Crippen LogP contribution in [0.25, 0.3) is 5.82 Å². The van der Waals surface area contributed by atoms with Crippen molar-refractivity contribution in [2.75, 3.05) is 0 Å². The fourth-order valence-corrected chi connectivity index (χ4v) is 4.11. The number of nitrogens with one attached hydrogen (secondary N) is 1. The summed E-state index contributed by atoms with van der Waals surface area (Å²) < 4.78 is 1.91. The van der Waals surface area contributed by atoms with Gasteiger partial charge in [0.15, 0.2) is 0 Å². The van der Waals surface area contributed by atoms with Crippen molar-refractivity contribution in [3.8, 4) is 5.82 Å². The lowest BCUT2D eigenvalue weighted by molar-refractivity contribution is 0.0954. The van der Waals surface area contributed by atoms with E-state index in [0.29, 0.717) is 11.4 Å². The van der Waals surface area contributed by atoms with Crippen molar-refractivity contribution in [2.45, 2.75) is 26.8 Å². The Morgan fingerprint density at radius 2 is 1.90 bits per heavy atom. The zero-order valence-electron chi connectivity index (χ0n) is 16.3. The van der Waals surface area contributed by atoms with E-state index in [2.05, 4.69) is 32.4 Å². The van der Waals surface area contributed by atoms with Crippen LogP contribution in [-0.4, -0.2) is 25.4 Å². The Labute approximate surface area is 173 Å². The Kier molecular flexibility index (Phi) is 5.48. The molecule has 0 saturated heterocycles. The molecule has 0 aliphatic rings. The summed E-state index contributed by atoms with van der Waals surface area (Å²) in [6.45, 7) is 4.23. The van der Waals surface area contributed by atoms with Crippen molar-refractivity contribution < 1.29 is 4.79 Å². The Morgan fingerprint density at radius 1 is 1.07 bits per heavy atom. The molecule has 3 aromatic heterocycles. The van der Waals surface area contributed by atoms with Gasteiger partial charge in [0.2, 0.25) is 0 Å². The molecule has 4 aromatic rings. The number of amides is 1. The van der Waals surface area contributed by atoms with E-state index < -0.39 is 0 Å². The van der Waals surface area contributed by atoms with Gasteiger partial charge in [0.1, 0.15) is 16.5 Å². The van der Waals surface area contributed by atoms with Gasteiger partial charge in [0.25, 0.3) is 5.91 Å². The number of hydrogen-bond acceptors (Lipinski definition) is 5. The van der Waals surface area contributed by atoms with Gasteiger partial charge < -0.3 is 5.32 Å². The van der Waals surface area contributed by atoms with E-state index in [0.717, 1.165) is 34.3 Å². The van der Waals surface area contributed by atoms with Crippen molar-refractivity contribution in [1.29, 1.82) is 0 Å². The molecule has 1 aromatic carbocycles. The highest BCUT2D eigenvalue weighted by molar-refractivity contribution is 7.13. The van der Waals surface area contributed by atoms with Crippen LogP contribution in [0.4, 0.5) is 0 Å². The van der Waals surface area contributed by atoms with Gasteiger partial charge in [-0.05, 0) is 37.1 Å². The third kappa shape index (κ3) is 4.41. The molecule has 0 bridgehead atoms. The van der Waals surface area contributed by atoms with Crippen LogP contribution < -0.4 is 5.32 Å². The van der Waals surface area contributed by atoms with Crippen LogP contribution in [0.3, 0.4) is 0 Å². The van der Waals surface area contributed by atoms with E-state index in [4.69, 9.17) is 0 Å². The Hall–Kier alpha value is -3.32. The highest BCUT2D eigenvalue weighted by Gasteiger charge is 2.15. The van der Waals surface area contributed by atoms with Gasteiger partial charge >= 0.3 is 0 Å². The molecular weight excluding hydrogens is 382 g/mol. The van der Waals surface area contributed by atoms with Gasteiger partial charge in [-0.1, -0.05) is 30.3 Å². The molecule has 0 unspecified atom stereocenters. The number of nitrogens with zero attached hydrogens (tertiary/aromatic N) is 4. The molecule has 0 fully saturated rings. The number of aryl methyl sites for hydroxylation is 2. The number of benzene rings is 1. The normalized spacial score (nSPS) is 10.8. The van der Waals surface area contributed by atoms with Crippen LogP contribution in [0.1, 0.15) is 37.3 Å². The zero-order chi connectivity index (χ0) is 20.2. The first-order valence-corrected chi connectivity index (χ1v) is 10.2. The lowest BCUT2D eigenvalue weighted by Crippen LogP contribution is -2.22.